The molecule has 1 N–H and O–H groups in total. The Hall–Kier alpha value is -2.27. The Morgan fingerprint density at radius 3 is 2.86 bits per heavy atom. The summed E-state index contributed by atoms with van der Waals surface area (Å²) >= 11 is 3.26. The van der Waals surface area contributed by atoms with E-state index in [0.29, 0.717) is 15.9 Å². The summed E-state index contributed by atoms with van der Waals surface area (Å²) in [5.74, 6) is -0.186. The van der Waals surface area contributed by atoms with Crippen molar-refractivity contribution in [2.24, 2.45) is 0 Å². The number of pyridine rings is 2. The van der Waals surface area contributed by atoms with Gasteiger partial charge >= 0.3 is 0 Å². The van der Waals surface area contributed by atoms with Gasteiger partial charge in [0.1, 0.15) is 4.60 Å². The molecule has 0 atom stereocenters. The van der Waals surface area contributed by atoms with Gasteiger partial charge in [-0.2, -0.15) is 0 Å². The lowest BCUT2D eigenvalue weighted by Crippen LogP contribution is -2.12. The number of para-hydroxylation sites is 1. The van der Waals surface area contributed by atoms with Crippen molar-refractivity contribution < 1.29 is 4.79 Å². The first-order valence-corrected chi connectivity index (χ1v) is 7.22. The van der Waals surface area contributed by atoms with E-state index in [1.807, 2.05) is 37.3 Å². The van der Waals surface area contributed by atoms with Crippen molar-refractivity contribution in [2.75, 3.05) is 5.32 Å². The van der Waals surface area contributed by atoms with Crippen molar-refractivity contribution in [1.82, 2.24) is 9.97 Å². The van der Waals surface area contributed by atoms with E-state index in [0.717, 1.165) is 16.6 Å². The van der Waals surface area contributed by atoms with E-state index >= 15 is 0 Å². The summed E-state index contributed by atoms with van der Waals surface area (Å²) in [7, 11) is 0. The van der Waals surface area contributed by atoms with Crippen molar-refractivity contribution in [3.05, 3.63) is 64.5 Å². The number of hydrogen-bond donors (Lipinski definition) is 1. The van der Waals surface area contributed by atoms with Gasteiger partial charge in [0, 0.05) is 22.8 Å². The van der Waals surface area contributed by atoms with Gasteiger partial charge < -0.3 is 5.32 Å². The standard InChI is InChI=1S/C16H12BrN3O/c1-10-5-6-11-3-2-4-13(15(11)19-10)20-16(21)12-7-8-18-14(17)9-12/h2-9H,1H3,(H,20,21). The molecule has 0 bridgehead atoms. The minimum Gasteiger partial charge on any atom is -0.320 e. The van der Waals surface area contributed by atoms with E-state index < -0.39 is 0 Å². The summed E-state index contributed by atoms with van der Waals surface area (Å²) in [4.78, 5) is 20.8. The fourth-order valence-corrected chi connectivity index (χ4v) is 2.45. The number of halogens is 1. The van der Waals surface area contributed by atoms with E-state index in [9.17, 15) is 4.79 Å². The van der Waals surface area contributed by atoms with Crippen LogP contribution in [0.3, 0.4) is 0 Å². The van der Waals surface area contributed by atoms with Gasteiger partial charge in [-0.1, -0.05) is 18.2 Å². The number of carbonyl (C=O) groups excluding carboxylic acids is 1. The molecule has 0 spiro atoms. The molecular formula is C16H12BrN3O. The lowest BCUT2D eigenvalue weighted by atomic mass is 10.1. The Kier molecular flexibility index (Phi) is 3.66. The second kappa shape index (κ2) is 5.61. The van der Waals surface area contributed by atoms with Crippen molar-refractivity contribution in [2.45, 2.75) is 6.92 Å². The van der Waals surface area contributed by atoms with E-state index in [1.165, 1.54) is 0 Å². The van der Waals surface area contributed by atoms with Crippen LogP contribution in [0.1, 0.15) is 16.1 Å². The van der Waals surface area contributed by atoms with Crippen LogP contribution in [-0.2, 0) is 0 Å². The topological polar surface area (TPSA) is 54.9 Å². The zero-order valence-corrected chi connectivity index (χ0v) is 12.9. The van der Waals surface area contributed by atoms with Crippen molar-refractivity contribution in [1.29, 1.82) is 0 Å². The number of carbonyl (C=O) groups is 1. The molecule has 5 heteroatoms. The number of nitrogens with zero attached hydrogens (tertiary/aromatic N) is 2. The Labute approximate surface area is 130 Å². The van der Waals surface area contributed by atoms with E-state index in [4.69, 9.17) is 0 Å². The monoisotopic (exact) mass is 341 g/mol. The molecule has 0 radical (unpaired) electrons. The molecule has 1 amide bonds. The van der Waals surface area contributed by atoms with Gasteiger partial charge in [0.2, 0.25) is 0 Å². The zero-order chi connectivity index (χ0) is 14.8. The fourth-order valence-electron chi connectivity index (χ4n) is 2.08. The number of amides is 1. The van der Waals surface area contributed by atoms with Crippen LogP contribution in [0.2, 0.25) is 0 Å². The maximum absolute atomic E-state index is 12.3. The average molecular weight is 342 g/mol. The molecule has 0 unspecified atom stereocenters. The molecule has 3 rings (SSSR count). The second-order valence-electron chi connectivity index (χ2n) is 4.65. The van der Waals surface area contributed by atoms with Crippen LogP contribution in [0.15, 0.2) is 53.3 Å². The van der Waals surface area contributed by atoms with Gasteiger partial charge in [-0.15, -0.1) is 0 Å². The van der Waals surface area contributed by atoms with E-state index in [-0.39, 0.29) is 5.91 Å². The minimum atomic E-state index is -0.186. The Bertz CT molecular complexity index is 833. The summed E-state index contributed by atoms with van der Waals surface area (Å²) in [6.07, 6.45) is 1.59. The summed E-state index contributed by atoms with van der Waals surface area (Å²) in [6.45, 7) is 1.93. The Balaban J connectivity index is 1.98. The highest BCUT2D eigenvalue weighted by Gasteiger charge is 2.09. The van der Waals surface area contributed by atoms with Crippen LogP contribution in [0.5, 0.6) is 0 Å². The van der Waals surface area contributed by atoms with Crippen molar-refractivity contribution in [3.8, 4) is 0 Å². The molecule has 21 heavy (non-hydrogen) atoms. The Morgan fingerprint density at radius 1 is 1.19 bits per heavy atom. The van der Waals surface area contributed by atoms with Crippen molar-refractivity contribution >= 4 is 38.4 Å². The van der Waals surface area contributed by atoms with Crippen LogP contribution in [0.4, 0.5) is 5.69 Å². The van der Waals surface area contributed by atoms with Crippen LogP contribution in [0, 0.1) is 6.92 Å². The molecule has 0 aliphatic heterocycles. The van der Waals surface area contributed by atoms with Gasteiger partial charge in [0.15, 0.2) is 0 Å². The van der Waals surface area contributed by atoms with Crippen LogP contribution >= 0.6 is 15.9 Å². The molecule has 1 aromatic carbocycles. The number of nitrogens with one attached hydrogen (secondary N) is 1. The molecule has 2 aromatic heterocycles. The normalized spacial score (nSPS) is 10.6. The SMILES string of the molecule is Cc1ccc2cccc(NC(=O)c3ccnc(Br)c3)c2n1. The van der Waals surface area contributed by atoms with Crippen LogP contribution in [0.25, 0.3) is 10.9 Å². The molecular weight excluding hydrogens is 330 g/mol. The first-order chi connectivity index (χ1) is 10.1. The molecule has 0 saturated heterocycles. The third kappa shape index (κ3) is 2.92. The maximum atomic E-state index is 12.3. The highest BCUT2D eigenvalue weighted by Crippen LogP contribution is 2.22. The second-order valence-corrected chi connectivity index (χ2v) is 5.46. The fraction of sp³-hybridized carbons (Fsp3) is 0.0625. The first-order valence-electron chi connectivity index (χ1n) is 6.43. The Morgan fingerprint density at radius 2 is 2.05 bits per heavy atom. The summed E-state index contributed by atoms with van der Waals surface area (Å²) < 4.78 is 0.627. The van der Waals surface area contributed by atoms with Gasteiger partial charge in [0.05, 0.1) is 11.2 Å². The number of hydrogen-bond acceptors (Lipinski definition) is 3. The third-order valence-corrected chi connectivity index (χ3v) is 3.53. The molecule has 2 heterocycles. The average Bonchev–Trinajstić information content (AvgIpc) is 2.48. The highest BCUT2D eigenvalue weighted by molar-refractivity contribution is 9.10. The molecule has 104 valence electrons. The number of benzene rings is 1. The predicted octanol–water partition coefficient (Wildman–Crippen LogP) is 3.95. The van der Waals surface area contributed by atoms with Crippen LogP contribution in [-0.4, -0.2) is 15.9 Å². The summed E-state index contributed by atoms with van der Waals surface area (Å²) in [5, 5.41) is 3.90. The molecule has 3 aromatic rings. The number of rotatable bonds is 2. The molecule has 0 fully saturated rings. The minimum absolute atomic E-state index is 0.186. The van der Waals surface area contributed by atoms with E-state index in [2.05, 4.69) is 31.2 Å². The molecule has 0 saturated carbocycles. The predicted molar refractivity (Wildman–Crippen MR) is 86.4 cm³/mol. The van der Waals surface area contributed by atoms with Crippen LogP contribution < -0.4 is 5.32 Å². The number of aryl methyl sites for hydroxylation is 1. The lowest BCUT2D eigenvalue weighted by Gasteiger charge is -2.09. The van der Waals surface area contributed by atoms with Gasteiger partial charge in [-0.05, 0) is 47.1 Å². The summed E-state index contributed by atoms with van der Waals surface area (Å²) in [5.41, 5.74) is 2.95. The maximum Gasteiger partial charge on any atom is 0.255 e. The van der Waals surface area contributed by atoms with Gasteiger partial charge in [-0.25, -0.2) is 4.98 Å². The largest absolute Gasteiger partial charge is 0.320 e. The van der Waals surface area contributed by atoms with Gasteiger partial charge in [0.25, 0.3) is 5.91 Å². The molecule has 0 aliphatic rings. The van der Waals surface area contributed by atoms with Crippen molar-refractivity contribution in [3.63, 3.8) is 0 Å². The zero-order valence-electron chi connectivity index (χ0n) is 11.3. The molecule has 0 aliphatic carbocycles. The summed E-state index contributed by atoms with van der Waals surface area (Å²) in [6, 6.07) is 13.0. The third-order valence-electron chi connectivity index (χ3n) is 3.10. The lowest BCUT2D eigenvalue weighted by molar-refractivity contribution is 0.102. The van der Waals surface area contributed by atoms with E-state index in [1.54, 1.807) is 18.3 Å². The van der Waals surface area contributed by atoms with Gasteiger partial charge in [-0.3, -0.25) is 9.78 Å². The number of anilines is 1. The molecule has 4 nitrogen and oxygen atoms in total. The quantitative estimate of drug-likeness (QED) is 0.718. The number of fused-ring (bicyclic) bond motifs is 1. The first kappa shape index (κ1) is 13.7. The highest BCUT2D eigenvalue weighted by atomic mass is 79.9. The smallest absolute Gasteiger partial charge is 0.255 e. The number of aromatic nitrogens is 2.